The normalized spacial score (nSPS) is 10.3. The lowest BCUT2D eigenvalue weighted by Crippen LogP contribution is -1.89. The Morgan fingerprint density at radius 3 is 0.769 bits per heavy atom. The van der Waals surface area contributed by atoms with Crippen LogP contribution in [0.15, 0.2) is 0 Å². The summed E-state index contributed by atoms with van der Waals surface area (Å²) >= 11 is 0. The van der Waals surface area contributed by atoms with E-state index in [0.29, 0.717) is 0 Å². The molecule has 83 valence electrons. The van der Waals surface area contributed by atoms with Crippen molar-refractivity contribution in [2.45, 2.75) is 0 Å². The van der Waals surface area contributed by atoms with Crippen molar-refractivity contribution in [2.75, 3.05) is 13.3 Å². The van der Waals surface area contributed by atoms with Crippen molar-refractivity contribution < 1.29 is 35.0 Å². The molecule has 0 aromatic rings. The predicted molar refractivity (Wildman–Crippen MR) is 47.1 cm³/mol. The average Bonchev–Trinajstić information content (AvgIpc) is 1.52. The fourth-order valence-electron chi connectivity index (χ4n) is 0. The largest absolute Gasteiger partial charge is 0.394 e. The standard InChI is InChI=1S/C2H6P.2H2O4S/c1-3-2;2*1-5(2,3)4/h1-2H3;2*(H2,1,2,3,4). The molecular formula is C2H10O8PS2. The first-order chi connectivity index (χ1) is 5.41. The third kappa shape index (κ3) is 43600. The fraction of sp³-hybridized carbons (Fsp3) is 1.00. The summed E-state index contributed by atoms with van der Waals surface area (Å²) < 4.78 is 63.2. The SMILES string of the molecule is C[P]C.O=S(=O)(O)O.O=S(=O)(O)O. The van der Waals surface area contributed by atoms with Gasteiger partial charge in [-0.1, -0.05) is 8.58 Å². The topological polar surface area (TPSA) is 149 Å². The molecule has 13 heavy (non-hydrogen) atoms. The third-order valence-corrected chi connectivity index (χ3v) is 0. The summed E-state index contributed by atoms with van der Waals surface area (Å²) in [5.74, 6) is 0. The Hall–Kier alpha value is 0.170. The predicted octanol–water partition coefficient (Wildman–Crippen LogP) is -0.113. The van der Waals surface area contributed by atoms with E-state index < -0.39 is 20.8 Å². The maximum atomic E-state index is 8.74. The summed E-state index contributed by atoms with van der Waals surface area (Å²) in [7, 11) is -7.92. The second-order valence-corrected chi connectivity index (χ2v) is 4.03. The Morgan fingerprint density at radius 2 is 0.769 bits per heavy atom. The van der Waals surface area contributed by atoms with Crippen LogP contribution in [0.25, 0.3) is 0 Å². The van der Waals surface area contributed by atoms with Gasteiger partial charge in [-0.05, 0) is 13.3 Å². The lowest BCUT2D eigenvalue weighted by Gasteiger charge is -1.68. The van der Waals surface area contributed by atoms with Gasteiger partial charge in [0.25, 0.3) is 0 Å². The zero-order valence-corrected chi connectivity index (χ0v) is 9.21. The Balaban J connectivity index is -0.000000120. The lowest BCUT2D eigenvalue weighted by molar-refractivity contribution is 0.378. The van der Waals surface area contributed by atoms with E-state index >= 15 is 0 Å². The molecule has 0 heterocycles. The van der Waals surface area contributed by atoms with E-state index in [1.165, 1.54) is 8.58 Å². The van der Waals surface area contributed by atoms with Crippen molar-refractivity contribution in [1.82, 2.24) is 0 Å². The highest BCUT2D eigenvalue weighted by molar-refractivity contribution is 7.80. The van der Waals surface area contributed by atoms with Gasteiger partial charge in [-0.2, -0.15) is 16.8 Å². The van der Waals surface area contributed by atoms with Gasteiger partial charge in [-0.3, -0.25) is 18.2 Å². The fourth-order valence-corrected chi connectivity index (χ4v) is 0. The van der Waals surface area contributed by atoms with Crippen LogP contribution in [0, 0.1) is 0 Å². The molecule has 0 amide bonds. The molecule has 0 spiro atoms. The van der Waals surface area contributed by atoms with Crippen LogP contribution in [-0.4, -0.2) is 48.4 Å². The molecule has 1 radical (unpaired) electrons. The van der Waals surface area contributed by atoms with E-state index in [4.69, 9.17) is 35.0 Å². The minimum atomic E-state index is -4.67. The highest BCUT2D eigenvalue weighted by Crippen LogP contribution is 1.84. The molecule has 0 aromatic heterocycles. The van der Waals surface area contributed by atoms with E-state index in [1.54, 1.807) is 0 Å². The summed E-state index contributed by atoms with van der Waals surface area (Å²) in [6.45, 7) is 4.19. The molecule has 0 fully saturated rings. The van der Waals surface area contributed by atoms with Crippen LogP contribution in [0.2, 0.25) is 0 Å². The van der Waals surface area contributed by atoms with Gasteiger partial charge in [0.2, 0.25) is 0 Å². The third-order valence-electron chi connectivity index (χ3n) is 0. The molecule has 0 atom stereocenters. The smallest absolute Gasteiger partial charge is 0.264 e. The molecule has 0 aliphatic carbocycles. The zero-order valence-electron chi connectivity index (χ0n) is 6.69. The van der Waals surface area contributed by atoms with Crippen LogP contribution < -0.4 is 0 Å². The van der Waals surface area contributed by atoms with Crippen LogP contribution in [-0.2, 0) is 20.8 Å². The minimum absolute atomic E-state index is 1.42. The van der Waals surface area contributed by atoms with Crippen molar-refractivity contribution in [3.63, 3.8) is 0 Å². The van der Waals surface area contributed by atoms with Gasteiger partial charge in [0.1, 0.15) is 0 Å². The monoisotopic (exact) mass is 257 g/mol. The van der Waals surface area contributed by atoms with E-state index in [2.05, 4.69) is 13.3 Å². The van der Waals surface area contributed by atoms with Crippen LogP contribution >= 0.6 is 8.58 Å². The summed E-state index contributed by atoms with van der Waals surface area (Å²) in [5, 5.41) is 0. The molecule has 0 saturated heterocycles. The first kappa shape index (κ1) is 18.9. The Morgan fingerprint density at radius 1 is 0.769 bits per heavy atom. The van der Waals surface area contributed by atoms with Crippen LogP contribution in [0.4, 0.5) is 0 Å². The highest BCUT2D eigenvalue weighted by Gasteiger charge is 1.85. The van der Waals surface area contributed by atoms with E-state index in [-0.39, 0.29) is 0 Å². The van der Waals surface area contributed by atoms with Crippen molar-refractivity contribution in [3.8, 4) is 0 Å². The van der Waals surface area contributed by atoms with E-state index in [9.17, 15) is 0 Å². The Kier molecular flexibility index (Phi) is 12.7. The van der Waals surface area contributed by atoms with Crippen molar-refractivity contribution in [2.24, 2.45) is 0 Å². The zero-order chi connectivity index (χ0) is 11.7. The van der Waals surface area contributed by atoms with Gasteiger partial charge in [0, 0.05) is 0 Å². The van der Waals surface area contributed by atoms with Gasteiger partial charge in [0.15, 0.2) is 0 Å². The van der Waals surface area contributed by atoms with Gasteiger partial charge >= 0.3 is 20.8 Å². The molecule has 11 heteroatoms. The molecule has 8 nitrogen and oxygen atoms in total. The first-order valence-corrected chi connectivity index (χ1v) is 6.87. The number of hydrogen-bond donors (Lipinski definition) is 4. The van der Waals surface area contributed by atoms with Gasteiger partial charge in [0.05, 0.1) is 0 Å². The Labute approximate surface area is 78.3 Å². The molecule has 0 saturated carbocycles. The summed E-state index contributed by atoms with van der Waals surface area (Å²) in [4.78, 5) is 0. The summed E-state index contributed by atoms with van der Waals surface area (Å²) in [5.41, 5.74) is 0. The molecule has 0 aliphatic heterocycles. The molecule has 0 rings (SSSR count). The maximum absolute atomic E-state index is 8.74. The molecule has 0 aromatic carbocycles. The first-order valence-electron chi connectivity index (χ1n) is 2.29. The molecule has 4 N–H and O–H groups in total. The minimum Gasteiger partial charge on any atom is -0.264 e. The average molecular weight is 257 g/mol. The highest BCUT2D eigenvalue weighted by atomic mass is 32.3. The second-order valence-electron chi connectivity index (χ2n) is 1.34. The quantitative estimate of drug-likeness (QED) is 0.346. The van der Waals surface area contributed by atoms with Crippen molar-refractivity contribution in [3.05, 3.63) is 0 Å². The van der Waals surface area contributed by atoms with E-state index in [0.717, 1.165) is 0 Å². The number of hydrogen-bond acceptors (Lipinski definition) is 4. The van der Waals surface area contributed by atoms with Crippen LogP contribution in [0.5, 0.6) is 0 Å². The molecule has 0 aliphatic rings. The second kappa shape index (κ2) is 8.75. The van der Waals surface area contributed by atoms with Crippen molar-refractivity contribution >= 4 is 29.4 Å². The van der Waals surface area contributed by atoms with Gasteiger partial charge in [-0.15, -0.1) is 0 Å². The van der Waals surface area contributed by atoms with E-state index in [1.807, 2.05) is 0 Å². The maximum Gasteiger partial charge on any atom is 0.394 e. The van der Waals surface area contributed by atoms with Crippen LogP contribution in [0.1, 0.15) is 0 Å². The number of rotatable bonds is 0. The van der Waals surface area contributed by atoms with Gasteiger partial charge in [-0.25, -0.2) is 0 Å². The molecule has 0 bridgehead atoms. The summed E-state index contributed by atoms with van der Waals surface area (Å²) in [6.07, 6.45) is 0. The molecule has 0 unspecified atom stereocenters. The molecular weight excluding hydrogens is 247 g/mol. The van der Waals surface area contributed by atoms with Crippen molar-refractivity contribution in [1.29, 1.82) is 0 Å². The summed E-state index contributed by atoms with van der Waals surface area (Å²) in [6, 6.07) is 0. The van der Waals surface area contributed by atoms with Crippen LogP contribution in [0.3, 0.4) is 0 Å². The van der Waals surface area contributed by atoms with Gasteiger partial charge < -0.3 is 0 Å². The Bertz CT molecular complexity index is 229. The lowest BCUT2D eigenvalue weighted by atomic mass is 11.9.